The highest BCUT2D eigenvalue weighted by Gasteiger charge is 2.04. The van der Waals surface area contributed by atoms with Crippen molar-refractivity contribution in [3.8, 4) is 11.3 Å². The molecule has 0 fully saturated rings. The van der Waals surface area contributed by atoms with E-state index in [0.29, 0.717) is 6.54 Å². The van der Waals surface area contributed by atoms with E-state index in [9.17, 15) is 0 Å². The van der Waals surface area contributed by atoms with Crippen LogP contribution in [0.15, 0.2) is 24.4 Å². The minimum Gasteiger partial charge on any atom is -0.330 e. The van der Waals surface area contributed by atoms with Crippen LogP contribution in [0.5, 0.6) is 0 Å². The highest BCUT2D eigenvalue weighted by atomic mass is 15.4. The molecular formula is C13H18N4. The fourth-order valence-electron chi connectivity index (χ4n) is 1.92. The van der Waals surface area contributed by atoms with E-state index >= 15 is 0 Å². The number of benzene rings is 1. The van der Waals surface area contributed by atoms with Gasteiger partial charge >= 0.3 is 0 Å². The van der Waals surface area contributed by atoms with E-state index in [4.69, 9.17) is 5.73 Å². The van der Waals surface area contributed by atoms with Gasteiger partial charge in [0.05, 0.1) is 6.20 Å². The number of nitrogens with zero attached hydrogens (tertiary/aromatic N) is 3. The van der Waals surface area contributed by atoms with Crippen molar-refractivity contribution in [3.05, 3.63) is 35.5 Å². The molecule has 4 heteroatoms. The predicted molar refractivity (Wildman–Crippen MR) is 68.6 cm³/mol. The topological polar surface area (TPSA) is 56.7 Å². The van der Waals surface area contributed by atoms with Crippen molar-refractivity contribution >= 4 is 0 Å². The highest BCUT2D eigenvalue weighted by molar-refractivity contribution is 5.59. The summed E-state index contributed by atoms with van der Waals surface area (Å²) in [6, 6.07) is 6.41. The van der Waals surface area contributed by atoms with Gasteiger partial charge < -0.3 is 5.73 Å². The summed E-state index contributed by atoms with van der Waals surface area (Å²) in [5.41, 5.74) is 10.0. The molecule has 0 spiro atoms. The summed E-state index contributed by atoms with van der Waals surface area (Å²) in [5.74, 6) is 0. The summed E-state index contributed by atoms with van der Waals surface area (Å²) < 4.78 is 1.85. The van der Waals surface area contributed by atoms with Crippen LogP contribution in [-0.4, -0.2) is 21.5 Å². The first-order valence-corrected chi connectivity index (χ1v) is 5.88. The molecule has 2 rings (SSSR count). The first kappa shape index (κ1) is 11.8. The molecule has 0 aliphatic heterocycles. The molecule has 0 saturated carbocycles. The molecule has 0 amide bonds. The van der Waals surface area contributed by atoms with Crippen molar-refractivity contribution in [2.24, 2.45) is 5.73 Å². The Bertz CT molecular complexity index is 482. The Labute approximate surface area is 101 Å². The van der Waals surface area contributed by atoms with Gasteiger partial charge in [-0.3, -0.25) is 4.68 Å². The largest absolute Gasteiger partial charge is 0.330 e. The van der Waals surface area contributed by atoms with Gasteiger partial charge in [-0.15, -0.1) is 5.10 Å². The van der Waals surface area contributed by atoms with Gasteiger partial charge in [0.25, 0.3) is 0 Å². The van der Waals surface area contributed by atoms with Crippen LogP contribution in [0.3, 0.4) is 0 Å². The molecule has 0 aliphatic rings. The number of aromatic nitrogens is 3. The quantitative estimate of drug-likeness (QED) is 0.873. The van der Waals surface area contributed by atoms with Gasteiger partial charge in [-0.2, -0.15) is 0 Å². The molecule has 90 valence electrons. The van der Waals surface area contributed by atoms with Crippen molar-refractivity contribution in [1.29, 1.82) is 0 Å². The second kappa shape index (κ2) is 5.10. The number of rotatable bonds is 4. The zero-order chi connectivity index (χ0) is 12.3. The molecule has 0 bridgehead atoms. The molecule has 4 nitrogen and oxygen atoms in total. The average molecular weight is 230 g/mol. The van der Waals surface area contributed by atoms with E-state index in [1.54, 1.807) is 0 Å². The van der Waals surface area contributed by atoms with E-state index in [0.717, 1.165) is 24.2 Å². The molecule has 1 aromatic heterocycles. The number of aryl methyl sites for hydroxylation is 3. The first-order valence-electron chi connectivity index (χ1n) is 5.88. The summed E-state index contributed by atoms with van der Waals surface area (Å²) in [4.78, 5) is 0. The third kappa shape index (κ3) is 2.91. The van der Waals surface area contributed by atoms with Crippen molar-refractivity contribution in [1.82, 2.24) is 15.0 Å². The predicted octanol–water partition coefficient (Wildman–Crippen LogP) is 1.91. The van der Waals surface area contributed by atoms with Crippen LogP contribution in [0.2, 0.25) is 0 Å². The van der Waals surface area contributed by atoms with Gasteiger partial charge in [0.15, 0.2) is 0 Å². The summed E-state index contributed by atoms with van der Waals surface area (Å²) in [6.45, 7) is 5.69. The third-order valence-corrected chi connectivity index (χ3v) is 2.65. The summed E-state index contributed by atoms with van der Waals surface area (Å²) in [6.07, 6.45) is 2.90. The third-order valence-electron chi connectivity index (χ3n) is 2.65. The standard InChI is InChI=1S/C13H18N4/c1-10-6-11(2)8-12(7-10)13-9-17(16-15-13)5-3-4-14/h6-9H,3-5,14H2,1-2H3. The summed E-state index contributed by atoms with van der Waals surface area (Å²) >= 11 is 0. The Morgan fingerprint density at radius 2 is 1.88 bits per heavy atom. The Balaban J connectivity index is 2.24. The van der Waals surface area contributed by atoms with Gasteiger partial charge in [0.1, 0.15) is 5.69 Å². The normalized spacial score (nSPS) is 10.8. The lowest BCUT2D eigenvalue weighted by Gasteiger charge is -2.01. The monoisotopic (exact) mass is 230 g/mol. The Morgan fingerprint density at radius 1 is 1.18 bits per heavy atom. The SMILES string of the molecule is Cc1cc(C)cc(-c2cn(CCCN)nn2)c1. The average Bonchev–Trinajstić information content (AvgIpc) is 2.73. The fraction of sp³-hybridized carbons (Fsp3) is 0.385. The van der Waals surface area contributed by atoms with Crippen LogP contribution in [0.25, 0.3) is 11.3 Å². The summed E-state index contributed by atoms with van der Waals surface area (Å²) in [7, 11) is 0. The fourth-order valence-corrected chi connectivity index (χ4v) is 1.92. The lowest BCUT2D eigenvalue weighted by atomic mass is 10.1. The molecule has 17 heavy (non-hydrogen) atoms. The van der Waals surface area contributed by atoms with E-state index in [-0.39, 0.29) is 0 Å². The number of nitrogens with two attached hydrogens (primary N) is 1. The Morgan fingerprint density at radius 3 is 2.53 bits per heavy atom. The molecule has 1 heterocycles. The lowest BCUT2D eigenvalue weighted by molar-refractivity contribution is 0.564. The molecule has 2 aromatic rings. The van der Waals surface area contributed by atoms with Crippen LogP contribution in [-0.2, 0) is 6.54 Å². The maximum atomic E-state index is 5.47. The van der Waals surface area contributed by atoms with Crippen LogP contribution < -0.4 is 5.73 Å². The minimum atomic E-state index is 0.679. The molecule has 0 radical (unpaired) electrons. The molecule has 0 unspecified atom stereocenters. The van der Waals surface area contributed by atoms with Crippen LogP contribution >= 0.6 is 0 Å². The molecule has 0 aliphatic carbocycles. The zero-order valence-corrected chi connectivity index (χ0v) is 10.3. The Hall–Kier alpha value is -1.68. The van der Waals surface area contributed by atoms with Crippen molar-refractivity contribution in [2.45, 2.75) is 26.8 Å². The highest BCUT2D eigenvalue weighted by Crippen LogP contribution is 2.19. The molecule has 0 atom stereocenters. The van der Waals surface area contributed by atoms with Gasteiger partial charge in [-0.25, -0.2) is 0 Å². The smallest absolute Gasteiger partial charge is 0.113 e. The Kier molecular flexibility index (Phi) is 3.54. The molecule has 2 N–H and O–H groups in total. The van der Waals surface area contributed by atoms with E-state index in [1.165, 1.54) is 11.1 Å². The number of hydrogen-bond donors (Lipinski definition) is 1. The molecule has 1 aromatic carbocycles. The lowest BCUT2D eigenvalue weighted by Crippen LogP contribution is -2.06. The van der Waals surface area contributed by atoms with Crippen LogP contribution in [0.1, 0.15) is 17.5 Å². The minimum absolute atomic E-state index is 0.679. The van der Waals surface area contributed by atoms with E-state index in [1.807, 2.05) is 10.9 Å². The number of hydrogen-bond acceptors (Lipinski definition) is 3. The second-order valence-corrected chi connectivity index (χ2v) is 4.39. The molecule has 0 saturated heterocycles. The molecular weight excluding hydrogens is 212 g/mol. The van der Waals surface area contributed by atoms with Crippen LogP contribution in [0, 0.1) is 13.8 Å². The van der Waals surface area contributed by atoms with Gasteiger partial charge in [0.2, 0.25) is 0 Å². The van der Waals surface area contributed by atoms with Crippen LogP contribution in [0.4, 0.5) is 0 Å². The maximum absolute atomic E-state index is 5.47. The maximum Gasteiger partial charge on any atom is 0.113 e. The van der Waals surface area contributed by atoms with E-state index < -0.39 is 0 Å². The van der Waals surface area contributed by atoms with Gasteiger partial charge in [-0.05, 0) is 38.9 Å². The first-order chi connectivity index (χ1) is 8.19. The van der Waals surface area contributed by atoms with Crippen molar-refractivity contribution < 1.29 is 0 Å². The van der Waals surface area contributed by atoms with Crippen molar-refractivity contribution in [2.75, 3.05) is 6.54 Å². The van der Waals surface area contributed by atoms with Gasteiger partial charge in [-0.1, -0.05) is 22.4 Å². The zero-order valence-electron chi connectivity index (χ0n) is 10.3. The van der Waals surface area contributed by atoms with E-state index in [2.05, 4.69) is 42.4 Å². The summed E-state index contributed by atoms with van der Waals surface area (Å²) in [5, 5.41) is 8.29. The van der Waals surface area contributed by atoms with Gasteiger partial charge in [0, 0.05) is 12.1 Å². The second-order valence-electron chi connectivity index (χ2n) is 4.39. The van der Waals surface area contributed by atoms with Crippen molar-refractivity contribution in [3.63, 3.8) is 0 Å².